The van der Waals surface area contributed by atoms with Crippen molar-refractivity contribution >= 4 is 11.8 Å². The predicted octanol–water partition coefficient (Wildman–Crippen LogP) is 2.52. The molecule has 72 valence electrons. The van der Waals surface area contributed by atoms with Crippen LogP contribution in [0.2, 0.25) is 0 Å². The zero-order valence-electron chi connectivity index (χ0n) is 8.14. The maximum atomic E-state index is 3.31. The molecule has 0 aromatic rings. The minimum Gasteiger partial charge on any atom is -0.316 e. The standard InChI is InChI=1S/C10H21NS/c1-2-3-4-5-6-12-9-10-7-11-8-10/h10-11H,2-9H2,1H3. The fourth-order valence-electron chi connectivity index (χ4n) is 1.35. The summed E-state index contributed by atoms with van der Waals surface area (Å²) in [5, 5.41) is 3.31. The lowest BCUT2D eigenvalue weighted by molar-refractivity contribution is 0.385. The lowest BCUT2D eigenvalue weighted by Crippen LogP contribution is -2.43. The van der Waals surface area contributed by atoms with E-state index in [-0.39, 0.29) is 0 Å². The minimum atomic E-state index is 0.987. The third kappa shape index (κ3) is 4.36. The first-order valence-electron chi connectivity index (χ1n) is 5.22. The summed E-state index contributed by atoms with van der Waals surface area (Å²) < 4.78 is 0. The van der Waals surface area contributed by atoms with Gasteiger partial charge in [-0.15, -0.1) is 0 Å². The zero-order chi connectivity index (χ0) is 8.65. The molecular formula is C10H21NS. The third-order valence-corrected chi connectivity index (χ3v) is 3.65. The van der Waals surface area contributed by atoms with E-state index in [0.29, 0.717) is 0 Å². The van der Waals surface area contributed by atoms with Crippen molar-refractivity contribution in [3.63, 3.8) is 0 Å². The Kier molecular flexibility index (Phi) is 5.88. The zero-order valence-corrected chi connectivity index (χ0v) is 8.96. The van der Waals surface area contributed by atoms with Gasteiger partial charge in [0.15, 0.2) is 0 Å². The van der Waals surface area contributed by atoms with E-state index in [4.69, 9.17) is 0 Å². The van der Waals surface area contributed by atoms with E-state index in [1.165, 1.54) is 50.3 Å². The van der Waals surface area contributed by atoms with Crippen molar-refractivity contribution < 1.29 is 0 Å². The van der Waals surface area contributed by atoms with Crippen molar-refractivity contribution in [3.05, 3.63) is 0 Å². The third-order valence-electron chi connectivity index (χ3n) is 2.36. The molecule has 0 bridgehead atoms. The van der Waals surface area contributed by atoms with Gasteiger partial charge in [-0.25, -0.2) is 0 Å². The summed E-state index contributed by atoms with van der Waals surface area (Å²) in [6.07, 6.45) is 5.65. The summed E-state index contributed by atoms with van der Waals surface area (Å²) >= 11 is 2.15. The summed E-state index contributed by atoms with van der Waals surface area (Å²) in [5.41, 5.74) is 0. The Balaban J connectivity index is 1.70. The first-order chi connectivity index (χ1) is 5.93. The summed E-state index contributed by atoms with van der Waals surface area (Å²) in [4.78, 5) is 0. The molecule has 2 heteroatoms. The molecule has 1 aliphatic rings. The molecule has 12 heavy (non-hydrogen) atoms. The van der Waals surface area contributed by atoms with Crippen molar-refractivity contribution in [2.24, 2.45) is 5.92 Å². The average Bonchev–Trinajstić information content (AvgIpc) is 2.00. The van der Waals surface area contributed by atoms with Crippen LogP contribution in [0.15, 0.2) is 0 Å². The van der Waals surface area contributed by atoms with E-state index in [0.717, 1.165) is 5.92 Å². The summed E-state index contributed by atoms with van der Waals surface area (Å²) in [7, 11) is 0. The van der Waals surface area contributed by atoms with Crippen LogP contribution in [-0.2, 0) is 0 Å². The Morgan fingerprint density at radius 2 is 2.08 bits per heavy atom. The van der Waals surface area contributed by atoms with Crippen molar-refractivity contribution in [1.29, 1.82) is 0 Å². The Labute approximate surface area is 80.7 Å². The SMILES string of the molecule is CCCCCCSCC1CNC1. The van der Waals surface area contributed by atoms with E-state index < -0.39 is 0 Å². The quantitative estimate of drug-likeness (QED) is 0.615. The highest BCUT2D eigenvalue weighted by molar-refractivity contribution is 7.99. The molecule has 0 spiro atoms. The van der Waals surface area contributed by atoms with E-state index >= 15 is 0 Å². The second-order valence-corrected chi connectivity index (χ2v) is 4.81. The van der Waals surface area contributed by atoms with Gasteiger partial charge in [-0.2, -0.15) is 11.8 Å². The minimum absolute atomic E-state index is 0.987. The second kappa shape index (κ2) is 6.79. The molecule has 1 aliphatic heterocycles. The Morgan fingerprint density at radius 3 is 2.67 bits per heavy atom. The highest BCUT2D eigenvalue weighted by Gasteiger charge is 2.15. The Hall–Kier alpha value is 0.310. The highest BCUT2D eigenvalue weighted by Crippen LogP contribution is 2.14. The summed E-state index contributed by atoms with van der Waals surface area (Å²) in [5.74, 6) is 3.76. The van der Waals surface area contributed by atoms with Crippen molar-refractivity contribution in [1.82, 2.24) is 5.32 Å². The molecule has 0 aliphatic carbocycles. The van der Waals surface area contributed by atoms with Gasteiger partial charge in [-0.3, -0.25) is 0 Å². The van der Waals surface area contributed by atoms with E-state index in [1.807, 2.05) is 0 Å². The van der Waals surface area contributed by atoms with Crippen LogP contribution in [0.5, 0.6) is 0 Å². The van der Waals surface area contributed by atoms with Gasteiger partial charge in [0, 0.05) is 0 Å². The molecule has 1 saturated heterocycles. The molecule has 1 heterocycles. The Bertz CT molecular complexity index is 102. The van der Waals surface area contributed by atoms with Crippen molar-refractivity contribution in [2.45, 2.75) is 32.6 Å². The monoisotopic (exact) mass is 187 g/mol. The highest BCUT2D eigenvalue weighted by atomic mass is 32.2. The molecule has 0 aromatic carbocycles. The number of rotatable bonds is 7. The first-order valence-corrected chi connectivity index (χ1v) is 6.37. The molecule has 1 nitrogen and oxygen atoms in total. The Morgan fingerprint density at radius 1 is 1.25 bits per heavy atom. The molecular weight excluding hydrogens is 166 g/mol. The molecule has 0 radical (unpaired) electrons. The van der Waals surface area contributed by atoms with Crippen LogP contribution in [0, 0.1) is 5.92 Å². The lowest BCUT2D eigenvalue weighted by atomic mass is 10.1. The van der Waals surface area contributed by atoms with E-state index in [2.05, 4.69) is 24.0 Å². The average molecular weight is 187 g/mol. The van der Waals surface area contributed by atoms with Gasteiger partial charge >= 0.3 is 0 Å². The van der Waals surface area contributed by atoms with Gasteiger partial charge in [0.2, 0.25) is 0 Å². The number of thioether (sulfide) groups is 1. The lowest BCUT2D eigenvalue weighted by Gasteiger charge is -2.26. The summed E-state index contributed by atoms with van der Waals surface area (Å²) in [6, 6.07) is 0. The normalized spacial score (nSPS) is 17.8. The first kappa shape index (κ1) is 10.4. The van der Waals surface area contributed by atoms with Crippen molar-refractivity contribution in [3.8, 4) is 0 Å². The van der Waals surface area contributed by atoms with Gasteiger partial charge in [0.25, 0.3) is 0 Å². The maximum absolute atomic E-state index is 3.31. The van der Waals surface area contributed by atoms with E-state index in [9.17, 15) is 0 Å². The molecule has 1 fully saturated rings. The summed E-state index contributed by atoms with van der Waals surface area (Å²) in [6.45, 7) is 4.80. The molecule has 0 amide bonds. The number of hydrogen-bond acceptors (Lipinski definition) is 2. The molecule has 1 rings (SSSR count). The van der Waals surface area contributed by atoms with Gasteiger partial charge in [0.1, 0.15) is 0 Å². The van der Waals surface area contributed by atoms with Crippen LogP contribution >= 0.6 is 11.8 Å². The van der Waals surface area contributed by atoms with Crippen LogP contribution in [0.25, 0.3) is 0 Å². The molecule has 0 saturated carbocycles. The topological polar surface area (TPSA) is 12.0 Å². The number of unbranched alkanes of at least 4 members (excludes halogenated alkanes) is 3. The van der Waals surface area contributed by atoms with Gasteiger partial charge in [0.05, 0.1) is 0 Å². The van der Waals surface area contributed by atoms with Crippen LogP contribution in [0.4, 0.5) is 0 Å². The van der Waals surface area contributed by atoms with Gasteiger partial charge in [-0.05, 0) is 36.9 Å². The maximum Gasteiger partial charge on any atom is -0.0000326 e. The number of hydrogen-bond donors (Lipinski definition) is 1. The number of nitrogens with one attached hydrogen (secondary N) is 1. The molecule has 0 atom stereocenters. The molecule has 1 N–H and O–H groups in total. The smallest absolute Gasteiger partial charge is 0.0000326 e. The van der Waals surface area contributed by atoms with Crippen LogP contribution in [0.3, 0.4) is 0 Å². The largest absolute Gasteiger partial charge is 0.316 e. The van der Waals surface area contributed by atoms with Gasteiger partial charge in [-0.1, -0.05) is 26.2 Å². The van der Waals surface area contributed by atoms with Crippen LogP contribution < -0.4 is 5.32 Å². The fraction of sp³-hybridized carbons (Fsp3) is 1.00. The van der Waals surface area contributed by atoms with Crippen LogP contribution in [0.1, 0.15) is 32.6 Å². The molecule has 0 unspecified atom stereocenters. The molecule has 0 aromatic heterocycles. The van der Waals surface area contributed by atoms with Gasteiger partial charge < -0.3 is 5.32 Å². The van der Waals surface area contributed by atoms with Crippen molar-refractivity contribution in [2.75, 3.05) is 24.6 Å². The fourth-order valence-corrected chi connectivity index (χ4v) is 2.49. The predicted molar refractivity (Wildman–Crippen MR) is 57.8 cm³/mol. The van der Waals surface area contributed by atoms with Crippen LogP contribution in [-0.4, -0.2) is 24.6 Å². The van der Waals surface area contributed by atoms with E-state index in [1.54, 1.807) is 0 Å². The second-order valence-electron chi connectivity index (χ2n) is 3.66.